The minimum atomic E-state index is -4.19. The minimum Gasteiger partial charge on any atom is -0.342 e. The van der Waals surface area contributed by atoms with Gasteiger partial charge < -0.3 is 10.6 Å². The maximum absolute atomic E-state index is 12.6. The lowest BCUT2D eigenvalue weighted by atomic mass is 10.0. The molecule has 0 bridgehead atoms. The lowest BCUT2D eigenvalue weighted by Crippen LogP contribution is -2.38. The number of nitrogens with two attached hydrogens (primary N) is 1. The number of nitrogens with zero attached hydrogens (tertiary/aromatic N) is 2. The lowest BCUT2D eigenvalue weighted by Gasteiger charge is -2.25. The zero-order valence-electron chi connectivity index (χ0n) is 14.5. The van der Waals surface area contributed by atoms with Crippen molar-refractivity contribution in [2.45, 2.75) is 32.0 Å². The number of carbonyl (C=O) groups is 1. The zero-order chi connectivity index (χ0) is 18.4. The first-order valence-corrected chi connectivity index (χ1v) is 8.66. The normalized spacial score (nSPS) is 19.4. The highest BCUT2D eigenvalue weighted by molar-refractivity contribution is 5.77. The Labute approximate surface area is 146 Å². The minimum absolute atomic E-state index is 0.0299. The Bertz CT molecular complexity index is 550. The van der Waals surface area contributed by atoms with Crippen molar-refractivity contribution in [1.82, 2.24) is 9.80 Å². The monoisotopic (exact) mass is 357 g/mol. The molecule has 140 valence electrons. The number of benzene rings is 1. The number of halogens is 3. The van der Waals surface area contributed by atoms with E-state index >= 15 is 0 Å². The van der Waals surface area contributed by atoms with Crippen LogP contribution in [-0.4, -0.2) is 54.6 Å². The smallest absolute Gasteiger partial charge is 0.342 e. The van der Waals surface area contributed by atoms with Gasteiger partial charge in [0.05, 0.1) is 6.54 Å². The first kappa shape index (κ1) is 19.7. The Morgan fingerprint density at radius 1 is 1.36 bits per heavy atom. The van der Waals surface area contributed by atoms with Crippen LogP contribution in [0.5, 0.6) is 0 Å². The van der Waals surface area contributed by atoms with Crippen LogP contribution in [0.25, 0.3) is 0 Å². The molecule has 7 heteroatoms. The summed E-state index contributed by atoms with van der Waals surface area (Å²) in [5, 5.41) is 0. The Kier molecular flexibility index (Phi) is 6.84. The van der Waals surface area contributed by atoms with Crippen LogP contribution in [0.1, 0.15) is 31.4 Å². The first-order chi connectivity index (χ1) is 11.8. The summed E-state index contributed by atoms with van der Waals surface area (Å²) < 4.78 is 37.7. The SMILES string of the molecule is CCN(CC1CCN(C(=O)CC(N)c2ccccc2)C1)CC(F)(F)F. The van der Waals surface area contributed by atoms with E-state index in [1.54, 1.807) is 11.8 Å². The maximum atomic E-state index is 12.6. The number of likely N-dealkylation sites (tertiary alicyclic amines) is 1. The van der Waals surface area contributed by atoms with Gasteiger partial charge in [0.1, 0.15) is 0 Å². The predicted molar refractivity (Wildman–Crippen MR) is 90.8 cm³/mol. The molecule has 1 heterocycles. The number of alkyl halides is 3. The fraction of sp³-hybridized carbons (Fsp3) is 0.611. The molecule has 0 aromatic heterocycles. The Morgan fingerprint density at radius 3 is 2.64 bits per heavy atom. The van der Waals surface area contributed by atoms with Gasteiger partial charge in [0.2, 0.25) is 5.91 Å². The van der Waals surface area contributed by atoms with Crippen LogP contribution in [0.3, 0.4) is 0 Å². The molecule has 0 aliphatic carbocycles. The van der Waals surface area contributed by atoms with Crippen molar-refractivity contribution in [3.63, 3.8) is 0 Å². The van der Waals surface area contributed by atoms with E-state index in [0.29, 0.717) is 26.2 Å². The van der Waals surface area contributed by atoms with Gasteiger partial charge in [-0.2, -0.15) is 13.2 Å². The third kappa shape index (κ3) is 6.32. The van der Waals surface area contributed by atoms with Gasteiger partial charge in [0.25, 0.3) is 0 Å². The molecule has 2 unspecified atom stereocenters. The summed E-state index contributed by atoms with van der Waals surface area (Å²) >= 11 is 0. The van der Waals surface area contributed by atoms with Crippen molar-refractivity contribution < 1.29 is 18.0 Å². The second-order valence-electron chi connectivity index (χ2n) is 6.66. The molecule has 2 rings (SSSR count). The largest absolute Gasteiger partial charge is 0.401 e. The standard InChI is InChI=1S/C18H26F3N3O/c1-2-23(13-18(19,20)21)11-14-8-9-24(12-14)17(25)10-16(22)15-6-4-3-5-7-15/h3-7,14,16H,2,8-13,22H2,1H3. The molecular formula is C18H26F3N3O. The van der Waals surface area contributed by atoms with E-state index in [-0.39, 0.29) is 24.3 Å². The summed E-state index contributed by atoms with van der Waals surface area (Å²) in [5.74, 6) is 0.0527. The average Bonchev–Trinajstić information content (AvgIpc) is 3.02. The van der Waals surface area contributed by atoms with Crippen molar-refractivity contribution >= 4 is 5.91 Å². The molecule has 2 N–H and O–H groups in total. The zero-order valence-corrected chi connectivity index (χ0v) is 14.5. The van der Waals surface area contributed by atoms with Gasteiger partial charge in [0, 0.05) is 32.1 Å². The Balaban J connectivity index is 1.82. The fourth-order valence-electron chi connectivity index (χ4n) is 3.27. The summed E-state index contributed by atoms with van der Waals surface area (Å²) in [6, 6.07) is 9.08. The van der Waals surface area contributed by atoms with E-state index in [1.807, 2.05) is 30.3 Å². The van der Waals surface area contributed by atoms with Crippen molar-refractivity contribution in [3.05, 3.63) is 35.9 Å². The summed E-state index contributed by atoms with van der Waals surface area (Å²) in [5.41, 5.74) is 7.00. The molecule has 1 amide bonds. The van der Waals surface area contributed by atoms with Crippen LogP contribution < -0.4 is 5.73 Å². The van der Waals surface area contributed by atoms with Gasteiger partial charge in [0.15, 0.2) is 0 Å². The molecule has 1 aromatic rings. The van der Waals surface area contributed by atoms with Crippen molar-refractivity contribution in [3.8, 4) is 0 Å². The van der Waals surface area contributed by atoms with E-state index in [1.165, 1.54) is 4.90 Å². The van der Waals surface area contributed by atoms with Crippen molar-refractivity contribution in [2.24, 2.45) is 11.7 Å². The molecule has 0 spiro atoms. The predicted octanol–water partition coefficient (Wildman–Crippen LogP) is 2.81. The second-order valence-corrected chi connectivity index (χ2v) is 6.66. The maximum Gasteiger partial charge on any atom is 0.401 e. The van der Waals surface area contributed by atoms with E-state index in [2.05, 4.69) is 0 Å². The molecule has 1 saturated heterocycles. The third-order valence-corrected chi connectivity index (χ3v) is 4.63. The highest BCUT2D eigenvalue weighted by Crippen LogP contribution is 2.23. The van der Waals surface area contributed by atoms with E-state index in [4.69, 9.17) is 5.73 Å². The van der Waals surface area contributed by atoms with Crippen molar-refractivity contribution in [1.29, 1.82) is 0 Å². The molecule has 1 aromatic carbocycles. The van der Waals surface area contributed by atoms with E-state index in [9.17, 15) is 18.0 Å². The molecule has 4 nitrogen and oxygen atoms in total. The van der Waals surface area contributed by atoms with Crippen LogP contribution in [0.2, 0.25) is 0 Å². The van der Waals surface area contributed by atoms with Crippen LogP contribution in [0.15, 0.2) is 30.3 Å². The molecule has 2 atom stereocenters. The van der Waals surface area contributed by atoms with Gasteiger partial charge in [-0.05, 0) is 24.4 Å². The number of carbonyl (C=O) groups excluding carboxylic acids is 1. The lowest BCUT2D eigenvalue weighted by molar-refractivity contribution is -0.146. The molecular weight excluding hydrogens is 331 g/mol. The average molecular weight is 357 g/mol. The van der Waals surface area contributed by atoms with E-state index < -0.39 is 12.7 Å². The van der Waals surface area contributed by atoms with Gasteiger partial charge in [-0.1, -0.05) is 37.3 Å². The highest BCUT2D eigenvalue weighted by atomic mass is 19.4. The Hall–Kier alpha value is -1.60. The molecule has 1 aliphatic heterocycles. The van der Waals surface area contributed by atoms with Crippen LogP contribution in [0, 0.1) is 5.92 Å². The van der Waals surface area contributed by atoms with Gasteiger partial charge in [-0.25, -0.2) is 0 Å². The molecule has 0 radical (unpaired) electrons. The van der Waals surface area contributed by atoms with Crippen LogP contribution in [0.4, 0.5) is 13.2 Å². The number of rotatable bonds is 7. The highest BCUT2D eigenvalue weighted by Gasteiger charge is 2.33. The quantitative estimate of drug-likeness (QED) is 0.816. The first-order valence-electron chi connectivity index (χ1n) is 8.66. The van der Waals surface area contributed by atoms with Crippen LogP contribution in [-0.2, 0) is 4.79 Å². The fourth-order valence-corrected chi connectivity index (χ4v) is 3.27. The third-order valence-electron chi connectivity index (χ3n) is 4.63. The summed E-state index contributed by atoms with van der Waals surface area (Å²) in [6.45, 7) is 2.64. The number of hydrogen-bond acceptors (Lipinski definition) is 3. The summed E-state index contributed by atoms with van der Waals surface area (Å²) in [7, 11) is 0. The van der Waals surface area contributed by atoms with Gasteiger partial charge in [-0.3, -0.25) is 9.69 Å². The summed E-state index contributed by atoms with van der Waals surface area (Å²) in [6.07, 6.45) is -3.23. The summed E-state index contributed by atoms with van der Waals surface area (Å²) in [4.78, 5) is 15.5. The molecule has 25 heavy (non-hydrogen) atoms. The topological polar surface area (TPSA) is 49.6 Å². The van der Waals surface area contributed by atoms with Gasteiger partial charge >= 0.3 is 6.18 Å². The van der Waals surface area contributed by atoms with Gasteiger partial charge in [-0.15, -0.1) is 0 Å². The number of hydrogen-bond donors (Lipinski definition) is 1. The number of amides is 1. The molecule has 1 aliphatic rings. The second kappa shape index (κ2) is 8.67. The molecule has 1 fully saturated rings. The molecule has 0 saturated carbocycles. The van der Waals surface area contributed by atoms with E-state index in [0.717, 1.165) is 12.0 Å². The van der Waals surface area contributed by atoms with Crippen LogP contribution >= 0.6 is 0 Å². The van der Waals surface area contributed by atoms with Crippen molar-refractivity contribution in [2.75, 3.05) is 32.7 Å². The Morgan fingerprint density at radius 2 is 2.04 bits per heavy atom.